The van der Waals surface area contributed by atoms with E-state index in [9.17, 15) is 9.59 Å². The van der Waals surface area contributed by atoms with Crippen molar-refractivity contribution in [3.8, 4) is 0 Å². The van der Waals surface area contributed by atoms with Crippen LogP contribution in [0.4, 0.5) is 0 Å². The van der Waals surface area contributed by atoms with E-state index in [4.69, 9.17) is 5.84 Å². The summed E-state index contributed by atoms with van der Waals surface area (Å²) in [5, 5.41) is 12.0. The van der Waals surface area contributed by atoms with E-state index in [1.54, 1.807) is 20.9 Å². The molecule has 0 aromatic carbocycles. The van der Waals surface area contributed by atoms with Gasteiger partial charge in [-0.1, -0.05) is 5.21 Å². The molecule has 9 nitrogen and oxygen atoms in total. The molecule has 2 aromatic rings. The number of hydrogen-bond donors (Lipinski definition) is 2. The van der Waals surface area contributed by atoms with Gasteiger partial charge in [0.25, 0.3) is 5.56 Å². The molecule has 1 amide bonds. The van der Waals surface area contributed by atoms with Crippen LogP contribution >= 0.6 is 0 Å². The lowest BCUT2D eigenvalue weighted by molar-refractivity contribution is -0.130. The molecule has 0 aliphatic heterocycles. The van der Waals surface area contributed by atoms with Crippen LogP contribution in [0.2, 0.25) is 0 Å². The molecule has 0 bridgehead atoms. The Balaban J connectivity index is 2.45. The second kappa shape index (κ2) is 4.43. The third kappa shape index (κ3) is 2.19. The molecule has 0 unspecified atom stereocenters. The number of fused-ring (bicyclic) bond motifs is 1. The van der Waals surface area contributed by atoms with Crippen molar-refractivity contribution < 1.29 is 4.79 Å². The fourth-order valence-corrected chi connectivity index (χ4v) is 1.72. The van der Waals surface area contributed by atoms with Crippen molar-refractivity contribution in [2.75, 3.05) is 0 Å². The van der Waals surface area contributed by atoms with Crippen LogP contribution in [-0.2, 0) is 18.4 Å². The zero-order chi connectivity index (χ0) is 14.2. The zero-order valence-electron chi connectivity index (χ0n) is 10.9. The minimum atomic E-state index is -0.872. The van der Waals surface area contributed by atoms with Crippen molar-refractivity contribution >= 4 is 16.9 Å². The molecule has 2 heterocycles. The number of amides is 1. The fourth-order valence-electron chi connectivity index (χ4n) is 1.72. The standard InChI is InChI=1S/C10H15N7O2/c1-10(2,9(19)13-11)5-17-8(18)6-4-12-16(3)7(6)14-15-17/h4H,5,11H2,1-3H3,(H,13,19). The summed E-state index contributed by atoms with van der Waals surface area (Å²) in [4.78, 5) is 23.8. The Bertz CT molecular complexity index is 685. The van der Waals surface area contributed by atoms with Crippen molar-refractivity contribution in [1.29, 1.82) is 0 Å². The summed E-state index contributed by atoms with van der Waals surface area (Å²) < 4.78 is 2.60. The van der Waals surface area contributed by atoms with Crippen molar-refractivity contribution in [2.45, 2.75) is 20.4 Å². The lowest BCUT2D eigenvalue weighted by atomic mass is 9.93. The number of nitrogens with two attached hydrogens (primary N) is 1. The number of nitrogens with zero attached hydrogens (tertiary/aromatic N) is 5. The van der Waals surface area contributed by atoms with E-state index in [2.05, 4.69) is 20.8 Å². The van der Waals surface area contributed by atoms with Gasteiger partial charge in [0.15, 0.2) is 5.65 Å². The summed E-state index contributed by atoms with van der Waals surface area (Å²) in [5.41, 5.74) is 1.26. The predicted octanol–water partition coefficient (Wildman–Crippen LogP) is -1.46. The maximum Gasteiger partial charge on any atom is 0.280 e. The Morgan fingerprint density at radius 3 is 2.84 bits per heavy atom. The van der Waals surface area contributed by atoms with E-state index in [0.717, 1.165) is 4.68 Å². The smallest absolute Gasteiger partial charge is 0.280 e. The maximum absolute atomic E-state index is 12.2. The number of aromatic nitrogens is 5. The number of carbonyl (C=O) groups is 1. The molecule has 2 rings (SSSR count). The van der Waals surface area contributed by atoms with Gasteiger partial charge < -0.3 is 0 Å². The molecule has 0 atom stereocenters. The van der Waals surface area contributed by atoms with Crippen LogP contribution in [0.25, 0.3) is 11.0 Å². The first kappa shape index (κ1) is 13.1. The maximum atomic E-state index is 12.2. The highest BCUT2D eigenvalue weighted by Gasteiger charge is 2.29. The zero-order valence-corrected chi connectivity index (χ0v) is 10.9. The van der Waals surface area contributed by atoms with Crippen molar-refractivity contribution in [3.63, 3.8) is 0 Å². The number of aryl methyl sites for hydroxylation is 1. The highest BCUT2D eigenvalue weighted by molar-refractivity contribution is 5.81. The van der Waals surface area contributed by atoms with Gasteiger partial charge >= 0.3 is 0 Å². The van der Waals surface area contributed by atoms with Gasteiger partial charge in [0.1, 0.15) is 5.39 Å². The molecular formula is C10H15N7O2. The van der Waals surface area contributed by atoms with Crippen LogP contribution < -0.4 is 16.8 Å². The second-order valence-corrected chi connectivity index (χ2v) is 4.92. The molecule has 0 radical (unpaired) electrons. The molecule has 0 spiro atoms. The Morgan fingerprint density at radius 1 is 1.53 bits per heavy atom. The van der Waals surface area contributed by atoms with E-state index in [1.165, 1.54) is 10.9 Å². The average molecular weight is 265 g/mol. The minimum Gasteiger partial charge on any atom is -0.294 e. The number of nitrogens with one attached hydrogen (secondary N) is 1. The van der Waals surface area contributed by atoms with Gasteiger partial charge in [0, 0.05) is 7.05 Å². The third-order valence-electron chi connectivity index (χ3n) is 2.91. The van der Waals surface area contributed by atoms with E-state index < -0.39 is 5.41 Å². The van der Waals surface area contributed by atoms with E-state index in [-0.39, 0.29) is 18.0 Å². The van der Waals surface area contributed by atoms with E-state index in [0.29, 0.717) is 11.0 Å². The van der Waals surface area contributed by atoms with E-state index in [1.807, 2.05) is 0 Å². The fraction of sp³-hybridized carbons (Fsp3) is 0.500. The van der Waals surface area contributed by atoms with Gasteiger partial charge in [-0.3, -0.25) is 15.0 Å². The van der Waals surface area contributed by atoms with Gasteiger partial charge in [-0.25, -0.2) is 15.2 Å². The Morgan fingerprint density at radius 2 is 2.21 bits per heavy atom. The first-order chi connectivity index (χ1) is 8.86. The summed E-state index contributed by atoms with van der Waals surface area (Å²) in [7, 11) is 1.67. The highest BCUT2D eigenvalue weighted by atomic mass is 16.2. The van der Waals surface area contributed by atoms with Crippen molar-refractivity contribution in [3.05, 3.63) is 16.6 Å². The van der Waals surface area contributed by atoms with Gasteiger partial charge in [0.2, 0.25) is 5.91 Å². The van der Waals surface area contributed by atoms with Crippen LogP contribution in [0, 0.1) is 5.41 Å². The molecule has 102 valence electrons. The van der Waals surface area contributed by atoms with Crippen LogP contribution in [0.5, 0.6) is 0 Å². The monoisotopic (exact) mass is 265 g/mol. The second-order valence-electron chi connectivity index (χ2n) is 4.92. The molecule has 2 aromatic heterocycles. The average Bonchev–Trinajstić information content (AvgIpc) is 2.74. The first-order valence-corrected chi connectivity index (χ1v) is 5.63. The summed E-state index contributed by atoms with van der Waals surface area (Å²) in [5.74, 6) is 4.73. The van der Waals surface area contributed by atoms with Crippen LogP contribution in [0.15, 0.2) is 11.0 Å². The van der Waals surface area contributed by atoms with Crippen molar-refractivity contribution in [2.24, 2.45) is 18.3 Å². The topological polar surface area (TPSA) is 121 Å². The summed E-state index contributed by atoms with van der Waals surface area (Å²) in [6, 6.07) is 0. The minimum absolute atomic E-state index is 0.0761. The van der Waals surface area contributed by atoms with Gasteiger partial charge in [-0.05, 0) is 13.8 Å². The molecule has 0 saturated heterocycles. The lowest BCUT2D eigenvalue weighted by Crippen LogP contribution is -2.45. The van der Waals surface area contributed by atoms with Gasteiger partial charge in [-0.2, -0.15) is 5.10 Å². The number of hydrogen-bond acceptors (Lipinski definition) is 6. The van der Waals surface area contributed by atoms with E-state index >= 15 is 0 Å². The van der Waals surface area contributed by atoms with Crippen molar-refractivity contribution in [1.82, 2.24) is 30.2 Å². The Labute approximate surface area is 108 Å². The summed E-state index contributed by atoms with van der Waals surface area (Å²) in [6.45, 7) is 3.40. The molecule has 0 aliphatic rings. The van der Waals surface area contributed by atoms with Gasteiger partial charge in [-0.15, -0.1) is 5.10 Å². The van der Waals surface area contributed by atoms with Crippen LogP contribution in [-0.4, -0.2) is 30.7 Å². The van der Waals surface area contributed by atoms with Crippen LogP contribution in [0.3, 0.4) is 0 Å². The first-order valence-electron chi connectivity index (χ1n) is 5.63. The summed E-state index contributed by atoms with van der Waals surface area (Å²) in [6.07, 6.45) is 1.43. The third-order valence-corrected chi connectivity index (χ3v) is 2.91. The number of carbonyl (C=O) groups excluding carboxylic acids is 1. The molecule has 0 saturated carbocycles. The lowest BCUT2D eigenvalue weighted by Gasteiger charge is -2.21. The molecule has 0 fully saturated rings. The van der Waals surface area contributed by atoms with Gasteiger partial charge in [0.05, 0.1) is 18.2 Å². The normalized spacial score (nSPS) is 11.8. The summed E-state index contributed by atoms with van der Waals surface area (Å²) >= 11 is 0. The highest BCUT2D eigenvalue weighted by Crippen LogP contribution is 2.16. The number of rotatable bonds is 3. The quantitative estimate of drug-likeness (QED) is 0.397. The van der Waals surface area contributed by atoms with Crippen LogP contribution in [0.1, 0.15) is 13.8 Å². The number of hydrazine groups is 1. The Kier molecular flexibility index (Phi) is 3.06. The molecule has 9 heteroatoms. The molecule has 3 N–H and O–H groups in total. The Hall–Kier alpha value is -2.29. The SMILES string of the molecule is Cn1ncc2c(=O)n(CC(C)(C)C(=O)NN)nnc21. The molecule has 0 aliphatic carbocycles. The molecule has 19 heavy (non-hydrogen) atoms. The molecular weight excluding hydrogens is 250 g/mol. The predicted molar refractivity (Wildman–Crippen MR) is 66.7 cm³/mol. The largest absolute Gasteiger partial charge is 0.294 e.